The molecule has 1 aliphatic carbocycles. The molecule has 0 bridgehead atoms. The van der Waals surface area contributed by atoms with Gasteiger partial charge in [-0.1, -0.05) is 153 Å². The summed E-state index contributed by atoms with van der Waals surface area (Å²) in [4.78, 5) is 10.6. The van der Waals surface area contributed by atoms with E-state index in [0.29, 0.717) is 5.89 Å². The SMILES string of the molecule is CC(C)(C)c1ccc(-c2nc3c(o2)N(c2ccc4c(c2)C(C)(C)CCC4(C)C)c2cc(C(C)(C)C)cc4c2B3c2cc(C(C)(C)C)ccc2N4c2ccc(C(C)(C)C)cc2)cc1. The molecule has 62 heavy (non-hydrogen) atoms. The van der Waals surface area contributed by atoms with E-state index < -0.39 is 0 Å². The Kier molecular flexibility index (Phi) is 9.37. The summed E-state index contributed by atoms with van der Waals surface area (Å²) in [5.41, 5.74) is 18.4. The van der Waals surface area contributed by atoms with Gasteiger partial charge in [0.05, 0.1) is 5.59 Å². The van der Waals surface area contributed by atoms with Crippen LogP contribution in [0.4, 0.5) is 34.3 Å². The van der Waals surface area contributed by atoms with Crippen molar-refractivity contribution in [1.82, 2.24) is 4.98 Å². The zero-order chi connectivity index (χ0) is 44.7. The number of hydrogen-bond acceptors (Lipinski definition) is 4. The van der Waals surface area contributed by atoms with Gasteiger partial charge in [-0.15, -0.1) is 0 Å². The van der Waals surface area contributed by atoms with E-state index in [0.717, 1.165) is 40.5 Å². The normalized spacial score (nSPS) is 16.7. The molecular weight excluding hydrogens is 753 g/mol. The van der Waals surface area contributed by atoms with E-state index in [9.17, 15) is 0 Å². The van der Waals surface area contributed by atoms with Crippen molar-refractivity contribution in [2.75, 3.05) is 9.80 Å². The van der Waals surface area contributed by atoms with Crippen LogP contribution in [0.25, 0.3) is 11.5 Å². The van der Waals surface area contributed by atoms with Gasteiger partial charge in [-0.2, -0.15) is 0 Å². The fourth-order valence-electron chi connectivity index (χ4n) is 10.1. The molecule has 0 saturated carbocycles. The number of aromatic nitrogens is 1. The lowest BCUT2D eigenvalue weighted by Gasteiger charge is -2.44. The Hall–Kier alpha value is -5.03. The number of nitrogens with zero attached hydrogens (tertiary/aromatic N) is 3. The zero-order valence-corrected chi connectivity index (χ0v) is 40.5. The highest BCUT2D eigenvalue weighted by Crippen LogP contribution is 2.51. The molecule has 0 spiro atoms. The molecule has 0 saturated heterocycles. The van der Waals surface area contributed by atoms with Crippen LogP contribution < -0.4 is 26.3 Å². The first-order chi connectivity index (χ1) is 28.7. The predicted molar refractivity (Wildman–Crippen MR) is 266 cm³/mol. The Labute approximate surface area is 373 Å². The molecule has 9 rings (SSSR count). The first-order valence-corrected chi connectivity index (χ1v) is 23.0. The molecule has 2 aliphatic heterocycles. The Bertz CT molecular complexity index is 2720. The number of oxazole rings is 1. The molecule has 0 amide bonds. The highest BCUT2D eigenvalue weighted by molar-refractivity contribution is 6.99. The maximum Gasteiger partial charge on any atom is 0.279 e. The third-order valence-corrected chi connectivity index (χ3v) is 14.4. The van der Waals surface area contributed by atoms with E-state index in [1.54, 1.807) is 0 Å². The molecule has 4 nitrogen and oxygen atoms in total. The summed E-state index contributed by atoms with van der Waals surface area (Å²) < 4.78 is 7.27. The Balaban J connectivity index is 1.38. The highest BCUT2D eigenvalue weighted by Gasteiger charge is 2.48. The van der Waals surface area contributed by atoms with E-state index in [2.05, 4.69) is 218 Å². The smallest absolute Gasteiger partial charge is 0.279 e. The Morgan fingerprint density at radius 3 is 1.56 bits per heavy atom. The zero-order valence-electron chi connectivity index (χ0n) is 40.5. The van der Waals surface area contributed by atoms with Crippen LogP contribution in [0, 0.1) is 0 Å². The van der Waals surface area contributed by atoms with Crippen molar-refractivity contribution < 1.29 is 4.42 Å². The molecule has 3 aliphatic rings. The van der Waals surface area contributed by atoms with Gasteiger partial charge in [-0.3, -0.25) is 4.90 Å². The summed E-state index contributed by atoms with van der Waals surface area (Å²) in [6.45, 7) is 37.1. The van der Waals surface area contributed by atoms with Crippen LogP contribution >= 0.6 is 0 Å². The topological polar surface area (TPSA) is 32.5 Å². The molecule has 1 aromatic heterocycles. The van der Waals surface area contributed by atoms with Crippen LogP contribution in [0.2, 0.25) is 0 Å². The van der Waals surface area contributed by atoms with E-state index in [1.807, 2.05) is 0 Å². The van der Waals surface area contributed by atoms with Crippen molar-refractivity contribution >= 4 is 57.6 Å². The predicted octanol–water partition coefficient (Wildman–Crippen LogP) is 14.0. The lowest BCUT2D eigenvalue weighted by molar-refractivity contribution is 0.332. The standard InChI is InChI=1S/C57H68BN3O/c1-52(2,3)36-19-17-35(18-20-36)50-59-49-51(62-50)61(41-26-27-42-43(34-41)57(15,16)30-29-56(42,13)14)47-33-39(55(10,11)12)32-46-48(47)58(49)44-31-38(54(7,8)9)23-28-45(44)60(46)40-24-21-37(22-25-40)53(4,5)6/h17-28,31-34H,29-30H2,1-16H3. The van der Waals surface area contributed by atoms with Gasteiger partial charge < -0.3 is 9.32 Å². The van der Waals surface area contributed by atoms with Gasteiger partial charge in [0.25, 0.3) is 6.71 Å². The molecule has 0 fully saturated rings. The quantitative estimate of drug-likeness (QED) is 0.166. The van der Waals surface area contributed by atoms with E-state index in [-0.39, 0.29) is 39.2 Å². The number of rotatable bonds is 3. The minimum atomic E-state index is -0.151. The number of hydrogen-bond donors (Lipinski definition) is 0. The van der Waals surface area contributed by atoms with Gasteiger partial charge in [-0.25, -0.2) is 4.98 Å². The molecule has 320 valence electrons. The third kappa shape index (κ3) is 6.93. The maximum absolute atomic E-state index is 7.27. The molecule has 5 aromatic carbocycles. The maximum atomic E-state index is 7.27. The summed E-state index contributed by atoms with van der Waals surface area (Å²) in [5, 5.41) is 0. The van der Waals surface area contributed by atoms with Crippen LogP contribution in [0.5, 0.6) is 0 Å². The highest BCUT2D eigenvalue weighted by atomic mass is 16.4. The molecule has 6 aromatic rings. The van der Waals surface area contributed by atoms with Crippen LogP contribution in [0.3, 0.4) is 0 Å². The van der Waals surface area contributed by atoms with Crippen molar-refractivity contribution in [3.63, 3.8) is 0 Å². The Morgan fingerprint density at radius 1 is 0.500 bits per heavy atom. The van der Waals surface area contributed by atoms with Gasteiger partial charge in [0.2, 0.25) is 11.8 Å². The van der Waals surface area contributed by atoms with Crippen molar-refractivity contribution in [2.45, 2.75) is 156 Å². The molecule has 0 radical (unpaired) electrons. The second kappa shape index (κ2) is 13.7. The van der Waals surface area contributed by atoms with Gasteiger partial charge in [0, 0.05) is 34.0 Å². The summed E-state index contributed by atoms with van der Waals surface area (Å²) in [6, 6.07) is 37.5. The lowest BCUT2D eigenvalue weighted by Crippen LogP contribution is -2.62. The van der Waals surface area contributed by atoms with Gasteiger partial charge in [0.1, 0.15) is 0 Å². The monoisotopic (exact) mass is 822 g/mol. The molecule has 5 heteroatoms. The van der Waals surface area contributed by atoms with Crippen molar-refractivity contribution in [3.8, 4) is 11.5 Å². The summed E-state index contributed by atoms with van der Waals surface area (Å²) in [6.07, 6.45) is 2.32. The summed E-state index contributed by atoms with van der Waals surface area (Å²) in [5.74, 6) is 1.45. The van der Waals surface area contributed by atoms with Gasteiger partial charge >= 0.3 is 0 Å². The van der Waals surface area contributed by atoms with Crippen LogP contribution in [-0.4, -0.2) is 11.7 Å². The number of anilines is 6. The first kappa shape index (κ1) is 42.3. The molecule has 0 N–H and O–H groups in total. The van der Waals surface area contributed by atoms with Crippen LogP contribution in [0.1, 0.15) is 157 Å². The first-order valence-electron chi connectivity index (χ1n) is 23.0. The Morgan fingerprint density at radius 2 is 1.00 bits per heavy atom. The lowest BCUT2D eigenvalue weighted by atomic mass is 9.35. The second-order valence-corrected chi connectivity index (χ2v) is 24.1. The van der Waals surface area contributed by atoms with Crippen LogP contribution in [0.15, 0.2) is 101 Å². The molecular formula is C57H68BN3O. The van der Waals surface area contributed by atoms with E-state index >= 15 is 0 Å². The van der Waals surface area contributed by atoms with Gasteiger partial charge in [0.15, 0.2) is 0 Å². The fraction of sp³-hybridized carbons (Fsp3) is 0.421. The minimum absolute atomic E-state index is 0.0361. The molecule has 0 unspecified atom stereocenters. The molecule has 3 heterocycles. The fourth-order valence-corrected chi connectivity index (χ4v) is 10.1. The second-order valence-electron chi connectivity index (χ2n) is 24.1. The average molecular weight is 822 g/mol. The minimum Gasteiger partial charge on any atom is -0.420 e. The number of benzene rings is 5. The van der Waals surface area contributed by atoms with Gasteiger partial charge in [-0.05, 0) is 144 Å². The summed E-state index contributed by atoms with van der Waals surface area (Å²) >= 11 is 0. The van der Waals surface area contributed by atoms with E-state index in [1.165, 1.54) is 62.1 Å². The van der Waals surface area contributed by atoms with Crippen molar-refractivity contribution in [3.05, 3.63) is 130 Å². The largest absolute Gasteiger partial charge is 0.420 e. The number of fused-ring (bicyclic) bond motifs is 5. The van der Waals surface area contributed by atoms with E-state index in [4.69, 9.17) is 9.40 Å². The summed E-state index contributed by atoms with van der Waals surface area (Å²) in [7, 11) is 0. The average Bonchev–Trinajstić information content (AvgIpc) is 3.63. The van der Waals surface area contributed by atoms with Crippen LogP contribution in [-0.2, 0) is 32.5 Å². The van der Waals surface area contributed by atoms with Crippen molar-refractivity contribution in [1.29, 1.82) is 0 Å². The molecule has 0 atom stereocenters. The third-order valence-electron chi connectivity index (χ3n) is 14.4. The van der Waals surface area contributed by atoms with Crippen molar-refractivity contribution in [2.24, 2.45) is 0 Å².